The van der Waals surface area contributed by atoms with E-state index in [0.717, 1.165) is 11.1 Å². The van der Waals surface area contributed by atoms with Crippen molar-refractivity contribution in [1.29, 1.82) is 5.26 Å². The van der Waals surface area contributed by atoms with Gasteiger partial charge in [0.15, 0.2) is 0 Å². The Kier molecular flexibility index (Phi) is 2.78. The third-order valence-electron chi connectivity index (χ3n) is 1.64. The van der Waals surface area contributed by atoms with Crippen molar-refractivity contribution in [2.75, 3.05) is 0 Å². The number of hydrogen-bond donors (Lipinski definition) is 1. The summed E-state index contributed by atoms with van der Waals surface area (Å²) in [6, 6.07) is 3.78. The number of nitrogens with zero attached hydrogens (tertiary/aromatic N) is 2. The average molecular weight is 161 g/mol. The van der Waals surface area contributed by atoms with E-state index in [4.69, 9.17) is 11.0 Å². The van der Waals surface area contributed by atoms with Crippen molar-refractivity contribution in [3.8, 4) is 6.07 Å². The molecule has 12 heavy (non-hydrogen) atoms. The lowest BCUT2D eigenvalue weighted by Crippen LogP contribution is -2.09. The van der Waals surface area contributed by atoms with Gasteiger partial charge in [-0.05, 0) is 18.1 Å². The van der Waals surface area contributed by atoms with Gasteiger partial charge >= 0.3 is 0 Å². The molecule has 0 aliphatic heterocycles. The molecule has 0 spiro atoms. The van der Waals surface area contributed by atoms with Crippen LogP contribution in [0.2, 0.25) is 0 Å². The molecule has 3 heteroatoms. The van der Waals surface area contributed by atoms with Gasteiger partial charge in [-0.25, -0.2) is 0 Å². The highest BCUT2D eigenvalue weighted by Crippen LogP contribution is 2.12. The maximum absolute atomic E-state index is 8.42. The largest absolute Gasteiger partial charge is 0.323 e. The first kappa shape index (κ1) is 8.69. The molecule has 0 unspecified atom stereocenters. The first-order chi connectivity index (χ1) is 5.74. The quantitative estimate of drug-likeness (QED) is 0.711. The van der Waals surface area contributed by atoms with Crippen molar-refractivity contribution in [2.45, 2.75) is 19.4 Å². The van der Waals surface area contributed by atoms with Crippen LogP contribution in [0.15, 0.2) is 18.5 Å². The van der Waals surface area contributed by atoms with Gasteiger partial charge in [-0.2, -0.15) is 5.26 Å². The molecular formula is C9H11N3. The predicted octanol–water partition coefficient (Wildman–Crippen LogP) is 1.30. The van der Waals surface area contributed by atoms with Gasteiger partial charge in [0.2, 0.25) is 0 Å². The van der Waals surface area contributed by atoms with E-state index in [0.29, 0.717) is 6.42 Å². The smallest absolute Gasteiger partial charge is 0.0641 e. The van der Waals surface area contributed by atoms with E-state index in [2.05, 4.69) is 4.98 Å². The Labute approximate surface area is 71.8 Å². The van der Waals surface area contributed by atoms with Gasteiger partial charge in [0.05, 0.1) is 12.5 Å². The van der Waals surface area contributed by atoms with Crippen LogP contribution in [0, 0.1) is 18.3 Å². The van der Waals surface area contributed by atoms with Gasteiger partial charge in [0, 0.05) is 18.4 Å². The Morgan fingerprint density at radius 3 is 3.00 bits per heavy atom. The summed E-state index contributed by atoms with van der Waals surface area (Å²) >= 11 is 0. The molecule has 0 fully saturated rings. The fourth-order valence-corrected chi connectivity index (χ4v) is 0.997. The Bertz CT molecular complexity index is 301. The van der Waals surface area contributed by atoms with Crippen molar-refractivity contribution in [3.05, 3.63) is 29.6 Å². The number of aryl methyl sites for hydroxylation is 1. The van der Waals surface area contributed by atoms with Crippen molar-refractivity contribution in [1.82, 2.24) is 4.98 Å². The first-order valence-electron chi connectivity index (χ1n) is 3.78. The standard InChI is InChI=1S/C9H11N3/c1-7-4-8(6-12-5-7)9(11)2-3-10/h4-6,9H,2,11H2,1H3/t9-/m1/s1. The van der Waals surface area contributed by atoms with Crippen molar-refractivity contribution in [3.63, 3.8) is 0 Å². The molecule has 1 aromatic rings. The molecule has 3 nitrogen and oxygen atoms in total. The van der Waals surface area contributed by atoms with E-state index in [-0.39, 0.29) is 6.04 Å². The topological polar surface area (TPSA) is 62.7 Å². The Morgan fingerprint density at radius 1 is 1.67 bits per heavy atom. The minimum Gasteiger partial charge on any atom is -0.323 e. The number of rotatable bonds is 2. The van der Waals surface area contributed by atoms with Gasteiger partial charge in [-0.15, -0.1) is 0 Å². The lowest BCUT2D eigenvalue weighted by atomic mass is 10.1. The molecule has 2 N–H and O–H groups in total. The van der Waals surface area contributed by atoms with Crippen molar-refractivity contribution >= 4 is 0 Å². The van der Waals surface area contributed by atoms with Crippen LogP contribution < -0.4 is 5.73 Å². The molecule has 1 heterocycles. The van der Waals surface area contributed by atoms with Crippen LogP contribution in [-0.4, -0.2) is 4.98 Å². The zero-order chi connectivity index (χ0) is 8.97. The molecule has 0 amide bonds. The summed E-state index contributed by atoms with van der Waals surface area (Å²) in [6.45, 7) is 1.95. The Balaban J connectivity index is 2.82. The SMILES string of the molecule is Cc1cncc([C@H](N)CC#N)c1. The van der Waals surface area contributed by atoms with Gasteiger partial charge in [0.25, 0.3) is 0 Å². The van der Waals surface area contributed by atoms with E-state index < -0.39 is 0 Å². The van der Waals surface area contributed by atoms with Crippen LogP contribution in [0.5, 0.6) is 0 Å². The molecule has 0 radical (unpaired) electrons. The molecular weight excluding hydrogens is 150 g/mol. The molecule has 1 rings (SSSR count). The third kappa shape index (κ3) is 2.04. The average Bonchev–Trinajstić information content (AvgIpc) is 2.05. The predicted molar refractivity (Wildman–Crippen MR) is 46.1 cm³/mol. The lowest BCUT2D eigenvalue weighted by Gasteiger charge is -2.06. The molecule has 0 saturated carbocycles. The van der Waals surface area contributed by atoms with Gasteiger partial charge in [-0.3, -0.25) is 4.98 Å². The van der Waals surface area contributed by atoms with Gasteiger partial charge < -0.3 is 5.73 Å². The number of nitrogens with two attached hydrogens (primary N) is 1. The number of nitriles is 1. The minimum atomic E-state index is -0.206. The van der Waals surface area contributed by atoms with E-state index in [1.807, 2.05) is 19.1 Å². The van der Waals surface area contributed by atoms with Crippen LogP contribution in [0.3, 0.4) is 0 Å². The maximum atomic E-state index is 8.42. The summed E-state index contributed by atoms with van der Waals surface area (Å²) < 4.78 is 0. The fraction of sp³-hybridized carbons (Fsp3) is 0.333. The minimum absolute atomic E-state index is 0.206. The van der Waals surface area contributed by atoms with Crippen LogP contribution in [0.1, 0.15) is 23.6 Å². The highest BCUT2D eigenvalue weighted by atomic mass is 14.7. The monoisotopic (exact) mass is 161 g/mol. The summed E-state index contributed by atoms with van der Waals surface area (Å²) in [5.41, 5.74) is 7.71. The van der Waals surface area contributed by atoms with E-state index >= 15 is 0 Å². The van der Waals surface area contributed by atoms with Crippen LogP contribution >= 0.6 is 0 Å². The second-order valence-corrected chi connectivity index (χ2v) is 2.76. The van der Waals surface area contributed by atoms with Crippen LogP contribution in [-0.2, 0) is 0 Å². The summed E-state index contributed by atoms with van der Waals surface area (Å²) in [4.78, 5) is 4.00. The lowest BCUT2D eigenvalue weighted by molar-refractivity contribution is 0.743. The molecule has 0 saturated heterocycles. The van der Waals surface area contributed by atoms with Gasteiger partial charge in [0.1, 0.15) is 0 Å². The second kappa shape index (κ2) is 3.84. The normalized spacial score (nSPS) is 12.1. The summed E-state index contributed by atoms with van der Waals surface area (Å²) in [5, 5.41) is 8.42. The van der Waals surface area contributed by atoms with E-state index in [9.17, 15) is 0 Å². The van der Waals surface area contributed by atoms with E-state index in [1.165, 1.54) is 0 Å². The zero-order valence-electron chi connectivity index (χ0n) is 6.99. The second-order valence-electron chi connectivity index (χ2n) is 2.76. The molecule has 0 bridgehead atoms. The highest BCUT2D eigenvalue weighted by Gasteiger charge is 2.04. The van der Waals surface area contributed by atoms with Crippen LogP contribution in [0.4, 0.5) is 0 Å². The number of pyridine rings is 1. The zero-order valence-corrected chi connectivity index (χ0v) is 6.99. The van der Waals surface area contributed by atoms with E-state index in [1.54, 1.807) is 12.4 Å². The fourth-order valence-electron chi connectivity index (χ4n) is 0.997. The van der Waals surface area contributed by atoms with Gasteiger partial charge in [-0.1, -0.05) is 6.07 Å². The summed E-state index contributed by atoms with van der Waals surface area (Å²) in [5.74, 6) is 0. The Hall–Kier alpha value is -1.40. The van der Waals surface area contributed by atoms with Crippen LogP contribution in [0.25, 0.3) is 0 Å². The third-order valence-corrected chi connectivity index (χ3v) is 1.64. The molecule has 62 valence electrons. The molecule has 0 aliphatic carbocycles. The number of aromatic nitrogens is 1. The molecule has 0 aromatic carbocycles. The maximum Gasteiger partial charge on any atom is 0.0641 e. The molecule has 0 aliphatic rings. The highest BCUT2D eigenvalue weighted by molar-refractivity contribution is 5.20. The van der Waals surface area contributed by atoms with Crippen molar-refractivity contribution < 1.29 is 0 Å². The summed E-state index contributed by atoms with van der Waals surface area (Å²) in [6.07, 6.45) is 3.81. The van der Waals surface area contributed by atoms with Crippen molar-refractivity contribution in [2.24, 2.45) is 5.73 Å². The number of hydrogen-bond acceptors (Lipinski definition) is 3. The summed E-state index contributed by atoms with van der Waals surface area (Å²) in [7, 11) is 0. The Morgan fingerprint density at radius 2 is 2.42 bits per heavy atom. The molecule has 1 atom stereocenters. The molecule has 1 aromatic heterocycles. The first-order valence-corrected chi connectivity index (χ1v) is 3.78.